The van der Waals surface area contributed by atoms with E-state index in [4.69, 9.17) is 16.7 Å². The standard InChI is InChI=1S/C12H13ClN4O3S/c1-7-8(4-3-5-9(7)13)12(18)15-11-10(21(14,19)20)6-17(2)16-11/h3-6H,1-2H3,(H2,14,19,20)(H,15,16,18). The summed E-state index contributed by atoms with van der Waals surface area (Å²) >= 11 is 5.95. The van der Waals surface area contributed by atoms with E-state index in [1.165, 1.54) is 17.9 Å². The van der Waals surface area contributed by atoms with Gasteiger partial charge in [0.2, 0.25) is 10.0 Å². The van der Waals surface area contributed by atoms with Gasteiger partial charge in [0.25, 0.3) is 5.91 Å². The third-order valence-corrected chi connectivity index (χ3v) is 4.17. The maximum Gasteiger partial charge on any atom is 0.257 e. The zero-order valence-electron chi connectivity index (χ0n) is 11.3. The van der Waals surface area contributed by atoms with Gasteiger partial charge in [-0.15, -0.1) is 0 Å². The van der Waals surface area contributed by atoms with Crippen molar-refractivity contribution < 1.29 is 13.2 Å². The summed E-state index contributed by atoms with van der Waals surface area (Å²) in [4.78, 5) is 12.0. The number of anilines is 1. The van der Waals surface area contributed by atoms with Crippen molar-refractivity contribution in [2.24, 2.45) is 12.2 Å². The number of aryl methyl sites for hydroxylation is 1. The maximum atomic E-state index is 12.2. The van der Waals surface area contributed by atoms with Crippen molar-refractivity contribution in [3.8, 4) is 0 Å². The second kappa shape index (κ2) is 5.47. The minimum atomic E-state index is -3.98. The van der Waals surface area contributed by atoms with E-state index in [9.17, 15) is 13.2 Å². The van der Waals surface area contributed by atoms with E-state index in [-0.39, 0.29) is 10.7 Å². The van der Waals surface area contributed by atoms with Crippen molar-refractivity contribution >= 4 is 33.3 Å². The molecular formula is C12H13ClN4O3S. The van der Waals surface area contributed by atoms with E-state index in [0.717, 1.165) is 0 Å². The Labute approximate surface area is 126 Å². The topological polar surface area (TPSA) is 107 Å². The number of carbonyl (C=O) groups excluding carboxylic acids is 1. The minimum absolute atomic E-state index is 0.121. The molecule has 0 saturated heterocycles. The van der Waals surface area contributed by atoms with Crippen LogP contribution in [0.2, 0.25) is 5.02 Å². The molecular weight excluding hydrogens is 316 g/mol. The molecule has 7 nitrogen and oxygen atoms in total. The molecule has 1 aromatic carbocycles. The molecule has 2 aromatic rings. The zero-order chi connectivity index (χ0) is 15.8. The first-order valence-electron chi connectivity index (χ1n) is 5.83. The fourth-order valence-corrected chi connectivity index (χ4v) is 2.63. The average molecular weight is 329 g/mol. The van der Waals surface area contributed by atoms with Crippen molar-refractivity contribution in [1.29, 1.82) is 0 Å². The van der Waals surface area contributed by atoms with Gasteiger partial charge in [-0.2, -0.15) is 5.10 Å². The third kappa shape index (κ3) is 3.23. The number of halogens is 1. The molecule has 9 heteroatoms. The third-order valence-electron chi connectivity index (χ3n) is 2.85. The normalized spacial score (nSPS) is 11.4. The molecule has 0 spiro atoms. The van der Waals surface area contributed by atoms with Gasteiger partial charge in [-0.3, -0.25) is 9.48 Å². The van der Waals surface area contributed by atoms with Crippen molar-refractivity contribution in [3.05, 3.63) is 40.5 Å². The predicted octanol–water partition coefficient (Wildman–Crippen LogP) is 1.28. The highest BCUT2D eigenvalue weighted by Gasteiger charge is 2.21. The first-order chi connectivity index (χ1) is 9.70. The summed E-state index contributed by atoms with van der Waals surface area (Å²) < 4.78 is 24.2. The van der Waals surface area contributed by atoms with Gasteiger partial charge in [-0.1, -0.05) is 17.7 Å². The molecule has 0 aliphatic carbocycles. The van der Waals surface area contributed by atoms with Crippen molar-refractivity contribution in [2.45, 2.75) is 11.8 Å². The Morgan fingerprint density at radius 2 is 2.10 bits per heavy atom. The summed E-state index contributed by atoms with van der Waals surface area (Å²) in [6.45, 7) is 1.69. The number of rotatable bonds is 3. The van der Waals surface area contributed by atoms with E-state index in [0.29, 0.717) is 16.1 Å². The van der Waals surface area contributed by atoms with E-state index in [1.807, 2.05) is 0 Å². The Hall–Kier alpha value is -1.90. The van der Waals surface area contributed by atoms with Crippen LogP contribution in [0.3, 0.4) is 0 Å². The molecule has 0 atom stereocenters. The summed E-state index contributed by atoms with van der Waals surface area (Å²) in [5, 5.41) is 11.8. The van der Waals surface area contributed by atoms with Gasteiger partial charge in [-0.25, -0.2) is 13.6 Å². The Kier molecular flexibility index (Phi) is 4.04. The lowest BCUT2D eigenvalue weighted by Crippen LogP contribution is -2.18. The lowest BCUT2D eigenvalue weighted by molar-refractivity contribution is 0.102. The molecule has 3 N–H and O–H groups in total. The van der Waals surface area contributed by atoms with Crippen LogP contribution in [0, 0.1) is 6.92 Å². The summed E-state index contributed by atoms with van der Waals surface area (Å²) in [7, 11) is -2.46. The van der Waals surface area contributed by atoms with Crippen LogP contribution in [0.4, 0.5) is 5.82 Å². The summed E-state index contributed by atoms with van der Waals surface area (Å²) in [6, 6.07) is 4.86. The number of benzene rings is 1. The van der Waals surface area contributed by atoms with Gasteiger partial charge in [0.15, 0.2) is 5.82 Å². The maximum absolute atomic E-state index is 12.2. The second-order valence-electron chi connectivity index (χ2n) is 4.43. The molecule has 1 heterocycles. The number of aromatic nitrogens is 2. The lowest BCUT2D eigenvalue weighted by atomic mass is 10.1. The number of sulfonamides is 1. The number of carbonyl (C=O) groups is 1. The van der Waals surface area contributed by atoms with Crippen molar-refractivity contribution in [3.63, 3.8) is 0 Å². The van der Waals surface area contributed by atoms with Gasteiger partial charge in [0.1, 0.15) is 4.90 Å². The van der Waals surface area contributed by atoms with Gasteiger partial charge in [0.05, 0.1) is 0 Å². The fraction of sp³-hybridized carbons (Fsp3) is 0.167. The van der Waals surface area contributed by atoms with Crippen LogP contribution in [0.15, 0.2) is 29.3 Å². The number of nitrogens with one attached hydrogen (secondary N) is 1. The molecule has 0 aliphatic heterocycles. The van der Waals surface area contributed by atoms with E-state index >= 15 is 0 Å². The van der Waals surface area contributed by atoms with Crippen LogP contribution in [0.5, 0.6) is 0 Å². The molecule has 0 radical (unpaired) electrons. The van der Waals surface area contributed by atoms with Gasteiger partial charge < -0.3 is 5.32 Å². The molecule has 0 unspecified atom stereocenters. The number of primary sulfonamides is 1. The first kappa shape index (κ1) is 15.5. The van der Waals surface area contributed by atoms with Crippen LogP contribution in [-0.4, -0.2) is 24.1 Å². The Balaban J connectivity index is 2.39. The number of nitrogens with two attached hydrogens (primary N) is 1. The lowest BCUT2D eigenvalue weighted by Gasteiger charge is -2.07. The molecule has 1 aromatic heterocycles. The number of hydrogen-bond acceptors (Lipinski definition) is 4. The quantitative estimate of drug-likeness (QED) is 0.884. The van der Waals surface area contributed by atoms with Crippen molar-refractivity contribution in [2.75, 3.05) is 5.32 Å². The van der Waals surface area contributed by atoms with Crippen LogP contribution in [0.25, 0.3) is 0 Å². The van der Waals surface area contributed by atoms with Crippen molar-refractivity contribution in [1.82, 2.24) is 9.78 Å². The Morgan fingerprint density at radius 1 is 1.43 bits per heavy atom. The summed E-state index contributed by atoms with van der Waals surface area (Å²) in [5.41, 5.74) is 0.915. The fourth-order valence-electron chi connectivity index (χ4n) is 1.79. The van der Waals surface area contributed by atoms with Gasteiger partial charge in [0, 0.05) is 23.8 Å². The predicted molar refractivity (Wildman–Crippen MR) is 78.7 cm³/mol. The molecule has 112 valence electrons. The number of nitrogens with zero attached hydrogens (tertiary/aromatic N) is 2. The second-order valence-corrected chi connectivity index (χ2v) is 6.36. The molecule has 0 bridgehead atoms. The highest BCUT2D eigenvalue weighted by atomic mass is 35.5. The Morgan fingerprint density at radius 3 is 2.71 bits per heavy atom. The van der Waals surface area contributed by atoms with Crippen LogP contribution in [0.1, 0.15) is 15.9 Å². The van der Waals surface area contributed by atoms with Crippen LogP contribution in [-0.2, 0) is 17.1 Å². The number of amides is 1. The smallest absolute Gasteiger partial charge is 0.257 e. The van der Waals surface area contributed by atoms with Crippen LogP contribution < -0.4 is 10.5 Å². The summed E-state index contributed by atoms with van der Waals surface area (Å²) in [6.07, 6.45) is 1.22. The largest absolute Gasteiger partial charge is 0.304 e. The molecule has 0 saturated carbocycles. The highest BCUT2D eigenvalue weighted by molar-refractivity contribution is 7.89. The molecule has 2 rings (SSSR count). The minimum Gasteiger partial charge on any atom is -0.304 e. The Bertz CT molecular complexity index is 814. The zero-order valence-corrected chi connectivity index (χ0v) is 12.9. The first-order valence-corrected chi connectivity index (χ1v) is 7.75. The number of hydrogen-bond donors (Lipinski definition) is 2. The summed E-state index contributed by atoms with van der Waals surface area (Å²) in [5.74, 6) is -0.636. The van der Waals surface area contributed by atoms with Gasteiger partial charge >= 0.3 is 0 Å². The van der Waals surface area contributed by atoms with E-state index in [2.05, 4.69) is 10.4 Å². The van der Waals surface area contributed by atoms with Crippen LogP contribution >= 0.6 is 11.6 Å². The SMILES string of the molecule is Cc1c(Cl)cccc1C(=O)Nc1nn(C)cc1S(N)(=O)=O. The van der Waals surface area contributed by atoms with E-state index < -0.39 is 15.9 Å². The van der Waals surface area contributed by atoms with Gasteiger partial charge in [-0.05, 0) is 24.6 Å². The monoisotopic (exact) mass is 328 g/mol. The molecule has 0 fully saturated rings. The molecule has 21 heavy (non-hydrogen) atoms. The molecule has 1 amide bonds. The van der Waals surface area contributed by atoms with E-state index in [1.54, 1.807) is 25.1 Å². The highest BCUT2D eigenvalue weighted by Crippen LogP contribution is 2.22. The average Bonchev–Trinajstić information content (AvgIpc) is 2.73. The molecule has 0 aliphatic rings.